The Kier molecular flexibility index (Phi) is 5.42. The molecule has 5 nitrogen and oxygen atoms in total. The number of aromatic nitrogens is 4. The van der Waals surface area contributed by atoms with Crippen molar-refractivity contribution in [1.82, 2.24) is 19.6 Å². The molecule has 0 fully saturated rings. The van der Waals surface area contributed by atoms with Crippen molar-refractivity contribution >= 4 is 23.2 Å². The molecule has 0 amide bonds. The number of hydrogen-bond donors (Lipinski definition) is 0. The molecule has 11 heteroatoms. The van der Waals surface area contributed by atoms with Gasteiger partial charge in [-0.25, -0.2) is 8.78 Å². The zero-order chi connectivity index (χ0) is 20.6. The second kappa shape index (κ2) is 7.50. The molecule has 0 spiro atoms. The number of nitrogens with zero attached hydrogens (tertiary/aromatic N) is 5. The highest BCUT2D eigenvalue weighted by Crippen LogP contribution is 2.40. The van der Waals surface area contributed by atoms with Gasteiger partial charge in [0.2, 0.25) is 0 Å². The zero-order valence-corrected chi connectivity index (χ0v) is 15.6. The average Bonchev–Trinajstić information content (AvgIpc) is 3.00. The van der Waals surface area contributed by atoms with Gasteiger partial charge in [-0.15, -0.1) is 0 Å². The predicted molar refractivity (Wildman–Crippen MR) is 94.3 cm³/mol. The van der Waals surface area contributed by atoms with Gasteiger partial charge in [0.1, 0.15) is 35.5 Å². The molecule has 0 N–H and O–H groups in total. The van der Waals surface area contributed by atoms with E-state index in [1.54, 1.807) is 13.8 Å². The summed E-state index contributed by atoms with van der Waals surface area (Å²) in [6.45, 7) is 1.99. The second-order valence-electron chi connectivity index (χ2n) is 6.56. The van der Waals surface area contributed by atoms with Gasteiger partial charge in [-0.05, 0) is 18.1 Å². The number of alkyl halides is 3. The first-order valence-electron chi connectivity index (χ1n) is 8.23. The third-order valence-corrected chi connectivity index (χ3v) is 4.10. The molecule has 0 aliphatic heterocycles. The van der Waals surface area contributed by atoms with Crippen LogP contribution < -0.4 is 4.90 Å². The zero-order valence-electron chi connectivity index (χ0n) is 14.8. The highest BCUT2D eigenvalue weighted by atomic mass is 35.5. The van der Waals surface area contributed by atoms with Gasteiger partial charge in [0, 0.05) is 6.54 Å². The highest BCUT2D eigenvalue weighted by Gasteiger charge is 2.35. The maximum Gasteiger partial charge on any atom is 0.405 e. The molecule has 1 aromatic carbocycles. The lowest BCUT2D eigenvalue weighted by molar-refractivity contribution is -0.120. The van der Waals surface area contributed by atoms with E-state index in [9.17, 15) is 22.0 Å². The van der Waals surface area contributed by atoms with E-state index in [1.807, 2.05) is 0 Å². The largest absolute Gasteiger partial charge is 0.405 e. The lowest BCUT2D eigenvalue weighted by Gasteiger charge is -2.30. The van der Waals surface area contributed by atoms with Crippen LogP contribution in [0.25, 0.3) is 16.9 Å². The van der Waals surface area contributed by atoms with E-state index < -0.39 is 29.9 Å². The molecular formula is C17H15ClF5N5. The summed E-state index contributed by atoms with van der Waals surface area (Å²) in [6, 6.07) is 3.12. The molecule has 3 aromatic rings. The molecule has 0 aliphatic carbocycles. The van der Waals surface area contributed by atoms with Crippen molar-refractivity contribution in [3.8, 4) is 11.1 Å². The van der Waals surface area contributed by atoms with Crippen LogP contribution in [-0.2, 0) is 0 Å². The van der Waals surface area contributed by atoms with Gasteiger partial charge in [0.25, 0.3) is 5.78 Å². The van der Waals surface area contributed by atoms with E-state index >= 15 is 0 Å². The minimum Gasteiger partial charge on any atom is -0.346 e. The van der Waals surface area contributed by atoms with Crippen LogP contribution >= 0.6 is 11.6 Å². The van der Waals surface area contributed by atoms with Crippen LogP contribution in [0.1, 0.15) is 13.8 Å². The fourth-order valence-corrected chi connectivity index (χ4v) is 3.18. The Bertz CT molecular complexity index is 981. The van der Waals surface area contributed by atoms with Crippen LogP contribution in [0, 0.1) is 17.6 Å². The van der Waals surface area contributed by atoms with E-state index in [1.165, 1.54) is 0 Å². The van der Waals surface area contributed by atoms with Gasteiger partial charge in [-0.2, -0.15) is 32.8 Å². The Hall–Kier alpha value is -2.49. The van der Waals surface area contributed by atoms with E-state index in [0.717, 1.165) is 33.9 Å². The van der Waals surface area contributed by atoms with Crippen LogP contribution in [-0.4, -0.2) is 38.8 Å². The second-order valence-corrected chi connectivity index (χ2v) is 6.92. The molecule has 150 valence electrons. The number of rotatable bonds is 5. The van der Waals surface area contributed by atoms with Crippen LogP contribution in [0.15, 0.2) is 24.5 Å². The Morgan fingerprint density at radius 1 is 1.14 bits per heavy atom. The molecule has 0 atom stereocenters. The molecular weight excluding hydrogens is 405 g/mol. The molecule has 28 heavy (non-hydrogen) atoms. The molecule has 2 aromatic heterocycles. The number of halogens is 6. The van der Waals surface area contributed by atoms with Crippen molar-refractivity contribution < 1.29 is 22.0 Å². The fraction of sp³-hybridized carbons (Fsp3) is 0.353. The third-order valence-electron chi connectivity index (χ3n) is 3.83. The topological polar surface area (TPSA) is 46.3 Å². The highest BCUT2D eigenvalue weighted by molar-refractivity contribution is 6.33. The minimum absolute atomic E-state index is 0.0715. The van der Waals surface area contributed by atoms with E-state index in [4.69, 9.17) is 11.6 Å². The van der Waals surface area contributed by atoms with Crippen LogP contribution in [0.3, 0.4) is 0 Å². The summed E-state index contributed by atoms with van der Waals surface area (Å²) < 4.78 is 69.8. The molecule has 0 bridgehead atoms. The molecule has 3 rings (SSSR count). The summed E-state index contributed by atoms with van der Waals surface area (Å²) >= 11 is 6.16. The van der Waals surface area contributed by atoms with Gasteiger partial charge in [0.15, 0.2) is 0 Å². The minimum atomic E-state index is -4.58. The summed E-state index contributed by atoms with van der Waals surface area (Å²) in [6.07, 6.45) is -3.51. The number of benzene rings is 1. The first-order chi connectivity index (χ1) is 13.1. The van der Waals surface area contributed by atoms with Gasteiger partial charge >= 0.3 is 6.18 Å². The Morgan fingerprint density at radius 2 is 1.79 bits per heavy atom. The van der Waals surface area contributed by atoms with Gasteiger partial charge < -0.3 is 4.90 Å². The molecule has 0 saturated carbocycles. The van der Waals surface area contributed by atoms with Gasteiger partial charge in [-0.3, -0.25) is 0 Å². The predicted octanol–water partition coefficient (Wildman–Crippen LogP) is 4.75. The third kappa shape index (κ3) is 4.01. The van der Waals surface area contributed by atoms with Gasteiger partial charge in [-0.1, -0.05) is 31.5 Å². The number of fused-ring (bicyclic) bond motifs is 1. The number of anilines is 1. The molecule has 0 radical (unpaired) electrons. The van der Waals surface area contributed by atoms with Crippen LogP contribution in [0.4, 0.5) is 27.8 Å². The van der Waals surface area contributed by atoms with Crippen LogP contribution in [0.2, 0.25) is 5.15 Å². The first-order valence-corrected chi connectivity index (χ1v) is 8.61. The van der Waals surface area contributed by atoms with Gasteiger partial charge in [0.05, 0.1) is 11.1 Å². The van der Waals surface area contributed by atoms with Crippen molar-refractivity contribution in [3.63, 3.8) is 0 Å². The van der Waals surface area contributed by atoms with E-state index in [0.29, 0.717) is 0 Å². The maximum absolute atomic E-state index is 14.5. The molecule has 2 heterocycles. The lowest BCUT2D eigenvalue weighted by atomic mass is 10.1. The standard InChI is InChI=1S/C17H15ClF5N5/c1-9(2)6-27(7-17(21,22)23)15-13(12-10(19)4-3-5-11(12)20)14(18)26-16-24-8-25-28(15)16/h3-5,8-9H,6-7H2,1-2H3. The Labute approximate surface area is 161 Å². The quantitative estimate of drug-likeness (QED) is 0.442. The van der Waals surface area contributed by atoms with Crippen molar-refractivity contribution in [3.05, 3.63) is 41.3 Å². The first kappa shape index (κ1) is 20.2. The van der Waals surface area contributed by atoms with Crippen molar-refractivity contribution in [2.45, 2.75) is 20.0 Å². The Balaban J connectivity index is 2.37. The van der Waals surface area contributed by atoms with Crippen molar-refractivity contribution in [1.29, 1.82) is 0 Å². The normalized spacial score (nSPS) is 12.2. The summed E-state index contributed by atoms with van der Waals surface area (Å²) in [4.78, 5) is 8.70. The summed E-state index contributed by atoms with van der Waals surface area (Å²) in [5.41, 5.74) is -0.900. The van der Waals surface area contributed by atoms with Crippen LogP contribution in [0.5, 0.6) is 0 Å². The number of hydrogen-bond acceptors (Lipinski definition) is 4. The molecule has 0 saturated heterocycles. The summed E-state index contributed by atoms with van der Waals surface area (Å²) in [7, 11) is 0. The Morgan fingerprint density at radius 3 is 2.36 bits per heavy atom. The summed E-state index contributed by atoms with van der Waals surface area (Å²) in [5.74, 6) is -2.49. The van der Waals surface area contributed by atoms with E-state index in [-0.39, 0.29) is 34.8 Å². The van der Waals surface area contributed by atoms with E-state index in [2.05, 4.69) is 15.1 Å². The molecule has 0 aliphatic rings. The monoisotopic (exact) mass is 419 g/mol. The smallest absolute Gasteiger partial charge is 0.346 e. The average molecular weight is 420 g/mol. The van der Waals surface area contributed by atoms with Crippen molar-refractivity contribution in [2.75, 3.05) is 18.0 Å². The maximum atomic E-state index is 14.5. The van der Waals surface area contributed by atoms with Crippen molar-refractivity contribution in [2.24, 2.45) is 5.92 Å². The SMILES string of the molecule is CC(C)CN(CC(F)(F)F)c1c(-c2c(F)cccc2F)c(Cl)nc2ncnn12. The fourth-order valence-electron chi connectivity index (χ4n) is 2.93. The molecule has 0 unspecified atom stereocenters. The summed E-state index contributed by atoms with van der Waals surface area (Å²) in [5, 5.41) is 3.51. The lowest BCUT2D eigenvalue weighted by Crippen LogP contribution is -2.38.